The quantitative estimate of drug-likeness (QED) is 0.113. The van der Waals surface area contributed by atoms with Crippen molar-refractivity contribution in [3.8, 4) is 0 Å². The number of piperidine rings is 1. The van der Waals surface area contributed by atoms with Crippen LogP contribution in [0.3, 0.4) is 0 Å². The number of allylic oxidation sites excluding steroid dienone is 2. The fourth-order valence-corrected chi connectivity index (χ4v) is 5.67. The van der Waals surface area contributed by atoms with E-state index in [1.165, 1.54) is 128 Å². The van der Waals surface area contributed by atoms with Gasteiger partial charge in [-0.15, -0.1) is 0 Å². The molecule has 0 aromatic rings. The number of hydrogen-bond donors (Lipinski definition) is 0. The third-order valence-electron chi connectivity index (χ3n) is 8.07. The lowest BCUT2D eigenvalue weighted by atomic mass is 9.78. The smallest absolute Gasteiger partial charge is 0.222 e. The summed E-state index contributed by atoms with van der Waals surface area (Å²) in [4.78, 5) is 14.9. The summed E-state index contributed by atoms with van der Waals surface area (Å²) in [5, 5.41) is 0. The Kier molecular flexibility index (Phi) is 20.8. The highest BCUT2D eigenvalue weighted by Crippen LogP contribution is 2.32. The lowest BCUT2D eigenvalue weighted by Gasteiger charge is -2.36. The van der Waals surface area contributed by atoms with E-state index in [0.717, 1.165) is 37.8 Å². The molecule has 0 aromatic heterocycles. The lowest BCUT2D eigenvalue weighted by Crippen LogP contribution is -2.40. The minimum atomic E-state index is 0.426. The van der Waals surface area contributed by atoms with Crippen LogP contribution in [0.15, 0.2) is 12.2 Å². The summed E-state index contributed by atoms with van der Waals surface area (Å²) in [6.07, 6.45) is 33.3. The van der Waals surface area contributed by atoms with Gasteiger partial charge in [0.1, 0.15) is 0 Å². The van der Waals surface area contributed by atoms with Crippen LogP contribution in [0.2, 0.25) is 0 Å². The number of carbonyl (C=O) groups is 1. The third-order valence-corrected chi connectivity index (χ3v) is 8.07. The molecule has 0 radical (unpaired) electrons. The van der Waals surface area contributed by atoms with Gasteiger partial charge in [0, 0.05) is 19.5 Å². The summed E-state index contributed by atoms with van der Waals surface area (Å²) in [5.74, 6) is 2.19. The molecule has 0 bridgehead atoms. The molecule has 1 aliphatic heterocycles. The third kappa shape index (κ3) is 16.0. The van der Waals surface area contributed by atoms with Gasteiger partial charge >= 0.3 is 0 Å². The predicted molar refractivity (Wildman–Crippen MR) is 151 cm³/mol. The van der Waals surface area contributed by atoms with Crippen LogP contribution in [-0.4, -0.2) is 23.9 Å². The molecule has 1 aliphatic rings. The minimum Gasteiger partial charge on any atom is -0.343 e. The van der Waals surface area contributed by atoms with Crippen molar-refractivity contribution >= 4 is 5.91 Å². The second-order valence-corrected chi connectivity index (χ2v) is 11.1. The first-order valence-corrected chi connectivity index (χ1v) is 15.7. The second-order valence-electron chi connectivity index (χ2n) is 11.1. The van der Waals surface area contributed by atoms with E-state index in [-0.39, 0.29) is 0 Å². The molecule has 0 atom stereocenters. The molecule has 2 nitrogen and oxygen atoms in total. The van der Waals surface area contributed by atoms with Crippen molar-refractivity contribution in [2.24, 2.45) is 11.8 Å². The molecular weight excluding hydrogens is 414 g/mol. The van der Waals surface area contributed by atoms with Crippen LogP contribution in [0.25, 0.3) is 0 Å². The van der Waals surface area contributed by atoms with E-state index in [4.69, 9.17) is 0 Å². The van der Waals surface area contributed by atoms with Crippen LogP contribution >= 0.6 is 0 Å². The van der Waals surface area contributed by atoms with Gasteiger partial charge < -0.3 is 4.90 Å². The van der Waals surface area contributed by atoms with E-state index in [1.54, 1.807) is 0 Å². The van der Waals surface area contributed by atoms with Crippen molar-refractivity contribution in [3.05, 3.63) is 12.2 Å². The van der Waals surface area contributed by atoms with Crippen molar-refractivity contribution < 1.29 is 4.79 Å². The first kappa shape index (κ1) is 31.2. The maximum Gasteiger partial charge on any atom is 0.222 e. The zero-order chi connectivity index (χ0) is 24.7. The molecule has 0 aromatic carbocycles. The maximum atomic E-state index is 12.7. The van der Waals surface area contributed by atoms with Crippen LogP contribution in [0, 0.1) is 11.8 Å². The van der Waals surface area contributed by atoms with Gasteiger partial charge in [0.15, 0.2) is 0 Å². The average molecular weight is 476 g/mol. The van der Waals surface area contributed by atoms with Crippen molar-refractivity contribution in [2.75, 3.05) is 13.1 Å². The Morgan fingerprint density at radius 3 is 1.68 bits per heavy atom. The van der Waals surface area contributed by atoms with E-state index in [2.05, 4.69) is 37.8 Å². The normalized spacial score (nSPS) is 15.1. The molecule has 0 aliphatic carbocycles. The van der Waals surface area contributed by atoms with Gasteiger partial charge in [-0.25, -0.2) is 0 Å². The monoisotopic (exact) mass is 475 g/mol. The largest absolute Gasteiger partial charge is 0.343 e. The second kappa shape index (κ2) is 22.7. The fraction of sp³-hybridized carbons (Fsp3) is 0.906. The number of hydrogen-bond acceptors (Lipinski definition) is 1. The number of likely N-dealkylation sites (tertiary alicyclic amines) is 1. The number of carbonyl (C=O) groups excluding carboxylic acids is 1. The molecule has 1 amide bonds. The highest BCUT2D eigenvalue weighted by molar-refractivity contribution is 5.76. The van der Waals surface area contributed by atoms with Gasteiger partial charge in [0.2, 0.25) is 5.91 Å². The number of nitrogens with zero attached hydrogens (tertiary/aromatic N) is 1. The van der Waals surface area contributed by atoms with Crippen molar-refractivity contribution in [3.63, 3.8) is 0 Å². The molecule has 0 saturated carbocycles. The topological polar surface area (TPSA) is 20.3 Å². The van der Waals surface area contributed by atoms with E-state index in [9.17, 15) is 4.79 Å². The van der Waals surface area contributed by atoms with E-state index < -0.39 is 0 Å². The minimum absolute atomic E-state index is 0.426. The summed E-state index contributed by atoms with van der Waals surface area (Å²) < 4.78 is 0. The molecule has 1 rings (SSSR count). The average Bonchev–Trinajstić information content (AvgIpc) is 2.86. The van der Waals surface area contributed by atoms with E-state index in [0.29, 0.717) is 5.91 Å². The Balaban J connectivity index is 2.01. The molecule has 200 valence electrons. The Bertz CT molecular complexity index is 469. The van der Waals surface area contributed by atoms with Crippen LogP contribution in [-0.2, 0) is 4.79 Å². The van der Waals surface area contributed by atoms with Gasteiger partial charge in [-0.1, -0.05) is 123 Å². The summed E-state index contributed by atoms with van der Waals surface area (Å²) in [6, 6.07) is 0. The number of amides is 1. The Morgan fingerprint density at radius 1 is 0.676 bits per heavy atom. The Labute approximate surface area is 214 Å². The highest BCUT2D eigenvalue weighted by Gasteiger charge is 2.27. The van der Waals surface area contributed by atoms with Gasteiger partial charge in [-0.05, 0) is 56.8 Å². The van der Waals surface area contributed by atoms with Crippen LogP contribution in [0.1, 0.15) is 162 Å². The van der Waals surface area contributed by atoms with E-state index >= 15 is 0 Å². The molecule has 0 N–H and O–H groups in total. The summed E-state index contributed by atoms with van der Waals surface area (Å²) in [7, 11) is 0. The zero-order valence-corrected chi connectivity index (χ0v) is 23.6. The maximum absolute atomic E-state index is 12.7. The first-order chi connectivity index (χ1) is 16.7. The molecule has 1 fully saturated rings. The van der Waals surface area contributed by atoms with Crippen LogP contribution < -0.4 is 0 Å². The van der Waals surface area contributed by atoms with Crippen LogP contribution in [0.5, 0.6) is 0 Å². The number of rotatable bonds is 22. The van der Waals surface area contributed by atoms with Crippen molar-refractivity contribution in [1.29, 1.82) is 0 Å². The summed E-state index contributed by atoms with van der Waals surface area (Å²) >= 11 is 0. The number of unbranched alkanes of at least 4 members (excludes halogenated alkanes) is 13. The molecule has 1 saturated heterocycles. The van der Waals surface area contributed by atoms with Gasteiger partial charge in [0.05, 0.1) is 0 Å². The van der Waals surface area contributed by atoms with Crippen molar-refractivity contribution in [1.82, 2.24) is 4.90 Å². The van der Waals surface area contributed by atoms with E-state index in [1.807, 2.05) is 0 Å². The molecule has 0 spiro atoms. The molecule has 2 heteroatoms. The Hall–Kier alpha value is -0.790. The standard InChI is InChI=1S/C32H61NO/c1-4-7-10-11-12-13-14-15-16-17-18-19-20-21-22-25-32(34)33-28-26-31(27-29-33)30(23-8-5-2)24-9-6-3/h15-16,30-31H,4-14,17-29H2,1-3H3/b16-15-. The summed E-state index contributed by atoms with van der Waals surface area (Å²) in [6.45, 7) is 8.94. The summed E-state index contributed by atoms with van der Waals surface area (Å²) in [5.41, 5.74) is 0. The molecule has 1 heterocycles. The highest BCUT2D eigenvalue weighted by atomic mass is 16.2. The van der Waals surface area contributed by atoms with Crippen molar-refractivity contribution in [2.45, 2.75) is 162 Å². The molecule has 34 heavy (non-hydrogen) atoms. The van der Waals surface area contributed by atoms with Gasteiger partial charge in [-0.2, -0.15) is 0 Å². The first-order valence-electron chi connectivity index (χ1n) is 15.7. The van der Waals surface area contributed by atoms with Crippen LogP contribution in [0.4, 0.5) is 0 Å². The molecular formula is C32H61NO. The van der Waals surface area contributed by atoms with Gasteiger partial charge in [-0.3, -0.25) is 4.79 Å². The molecule has 0 unspecified atom stereocenters. The zero-order valence-electron chi connectivity index (χ0n) is 23.6. The fourth-order valence-electron chi connectivity index (χ4n) is 5.67. The lowest BCUT2D eigenvalue weighted by molar-refractivity contribution is -0.133. The Morgan fingerprint density at radius 2 is 1.15 bits per heavy atom. The predicted octanol–water partition coefficient (Wildman–Crippen LogP) is 10.3. The SMILES string of the molecule is CCCCCCCC/C=C\CCCCCCCC(=O)N1CCC(C(CCCC)CCCC)CC1. The van der Waals surface area contributed by atoms with Gasteiger partial charge in [0.25, 0.3) is 0 Å².